The molecule has 1 aliphatic rings. The summed E-state index contributed by atoms with van der Waals surface area (Å²) in [6.45, 7) is 13.2. The lowest BCUT2D eigenvalue weighted by molar-refractivity contribution is 0.0139. The maximum atomic E-state index is 15.3. The number of aromatic nitrogens is 2. The standard InChI is InChI=1S/C30H35F2N5O6S/c1-27(2,3)42-25(38)37(26(39)43-28(4,5)6)24-29(7,8)44(40,41)17-30(9,36-24)20-12-19(16-35-23(20)32)13-21(31)22-11-10-18(14-33)15-34-22/h10-13,15-16H,17H2,1-9H3/b21-13-/t30-/m0/s1. The Labute approximate surface area is 255 Å². The third-order valence-electron chi connectivity index (χ3n) is 6.37. The van der Waals surface area contributed by atoms with Gasteiger partial charge in [0.15, 0.2) is 9.84 Å². The number of amidine groups is 1. The van der Waals surface area contributed by atoms with Crippen LogP contribution < -0.4 is 0 Å². The Morgan fingerprint density at radius 2 is 1.59 bits per heavy atom. The van der Waals surface area contributed by atoms with Crippen molar-refractivity contribution in [3.05, 3.63) is 58.9 Å². The summed E-state index contributed by atoms with van der Waals surface area (Å²) in [5.74, 6) is -3.22. The minimum absolute atomic E-state index is 0.0430. The lowest BCUT2D eigenvalue weighted by Crippen LogP contribution is -2.61. The number of nitrogens with zero attached hydrogens (tertiary/aromatic N) is 5. The van der Waals surface area contributed by atoms with E-state index in [4.69, 9.17) is 14.7 Å². The molecule has 0 aromatic carbocycles. The molecular formula is C30H35F2N5O6S. The van der Waals surface area contributed by atoms with Gasteiger partial charge in [0, 0.05) is 18.0 Å². The zero-order valence-corrected chi connectivity index (χ0v) is 26.8. The summed E-state index contributed by atoms with van der Waals surface area (Å²) < 4.78 is 66.8. The molecule has 3 heterocycles. The van der Waals surface area contributed by atoms with Gasteiger partial charge in [0.1, 0.15) is 39.2 Å². The van der Waals surface area contributed by atoms with Crippen molar-refractivity contribution in [2.75, 3.05) is 5.75 Å². The highest BCUT2D eigenvalue weighted by Gasteiger charge is 2.55. The van der Waals surface area contributed by atoms with Crippen LogP contribution in [0.15, 0.2) is 35.6 Å². The molecule has 14 heteroatoms. The fourth-order valence-corrected chi connectivity index (χ4v) is 5.89. The second-order valence-electron chi connectivity index (χ2n) is 12.9. The fraction of sp³-hybridized carbons (Fsp3) is 0.467. The van der Waals surface area contributed by atoms with Gasteiger partial charge in [-0.15, -0.1) is 0 Å². The van der Waals surface area contributed by atoms with Crippen LogP contribution in [0.25, 0.3) is 11.9 Å². The Kier molecular flexibility index (Phi) is 9.09. The van der Waals surface area contributed by atoms with Crippen LogP contribution in [0.2, 0.25) is 0 Å². The number of hydrogen-bond acceptors (Lipinski definition) is 10. The second-order valence-corrected chi connectivity index (χ2v) is 15.5. The van der Waals surface area contributed by atoms with E-state index in [1.54, 1.807) is 41.5 Å². The molecule has 0 saturated heterocycles. The summed E-state index contributed by atoms with van der Waals surface area (Å²) in [5.41, 5.74) is -4.29. The molecule has 236 valence electrons. The molecule has 1 atom stereocenters. The van der Waals surface area contributed by atoms with Crippen LogP contribution in [0.5, 0.6) is 0 Å². The van der Waals surface area contributed by atoms with Crippen molar-refractivity contribution in [1.29, 1.82) is 5.26 Å². The maximum Gasteiger partial charge on any atom is 0.425 e. The lowest BCUT2D eigenvalue weighted by atomic mass is 9.93. The number of rotatable bonds is 3. The first-order valence-corrected chi connectivity index (χ1v) is 15.1. The second kappa shape index (κ2) is 11.7. The monoisotopic (exact) mass is 631 g/mol. The van der Waals surface area contributed by atoms with Crippen LogP contribution in [-0.2, 0) is 24.8 Å². The number of imide groups is 1. The molecule has 2 aromatic rings. The van der Waals surface area contributed by atoms with Gasteiger partial charge in [-0.1, -0.05) is 0 Å². The highest BCUT2D eigenvalue weighted by Crippen LogP contribution is 2.40. The van der Waals surface area contributed by atoms with Gasteiger partial charge in [0.2, 0.25) is 5.95 Å². The Balaban J connectivity index is 2.23. The number of amides is 2. The third kappa shape index (κ3) is 7.45. The molecule has 0 radical (unpaired) electrons. The van der Waals surface area contributed by atoms with Gasteiger partial charge in [0.05, 0.1) is 17.0 Å². The van der Waals surface area contributed by atoms with Gasteiger partial charge in [-0.05, 0) is 92.2 Å². The number of carbonyl (C=O) groups excluding carboxylic acids is 2. The summed E-state index contributed by atoms with van der Waals surface area (Å²) in [6, 6.07) is 5.71. The zero-order valence-electron chi connectivity index (χ0n) is 26.0. The molecule has 2 amide bonds. The van der Waals surface area contributed by atoms with Gasteiger partial charge in [-0.25, -0.2) is 27.4 Å². The third-order valence-corrected chi connectivity index (χ3v) is 9.05. The van der Waals surface area contributed by atoms with E-state index in [0.29, 0.717) is 4.90 Å². The normalized spacial score (nSPS) is 19.8. The molecule has 0 bridgehead atoms. The molecule has 0 fully saturated rings. The van der Waals surface area contributed by atoms with Crippen LogP contribution in [0.1, 0.15) is 84.7 Å². The van der Waals surface area contributed by atoms with E-state index < -0.39 is 66.9 Å². The van der Waals surface area contributed by atoms with E-state index in [-0.39, 0.29) is 22.4 Å². The quantitative estimate of drug-likeness (QED) is 0.374. The molecule has 1 aliphatic heterocycles. The molecular weight excluding hydrogens is 596 g/mol. The van der Waals surface area contributed by atoms with Crippen molar-refractivity contribution in [3.8, 4) is 6.07 Å². The minimum atomic E-state index is -4.28. The fourth-order valence-electron chi connectivity index (χ4n) is 4.15. The van der Waals surface area contributed by atoms with E-state index >= 15 is 8.78 Å². The van der Waals surface area contributed by atoms with Crippen LogP contribution in [0, 0.1) is 17.3 Å². The number of halogens is 2. The maximum absolute atomic E-state index is 15.3. The van der Waals surface area contributed by atoms with Crippen LogP contribution in [0.4, 0.5) is 18.4 Å². The van der Waals surface area contributed by atoms with Gasteiger partial charge in [0.25, 0.3) is 0 Å². The van der Waals surface area contributed by atoms with Crippen molar-refractivity contribution in [3.63, 3.8) is 0 Å². The number of hydrogen-bond donors (Lipinski definition) is 0. The Hall–Kier alpha value is -4.25. The predicted octanol–water partition coefficient (Wildman–Crippen LogP) is 5.95. The molecule has 44 heavy (non-hydrogen) atoms. The van der Waals surface area contributed by atoms with Gasteiger partial charge in [-0.2, -0.15) is 14.6 Å². The van der Waals surface area contributed by atoms with Crippen molar-refractivity contribution in [2.24, 2.45) is 4.99 Å². The summed E-state index contributed by atoms with van der Waals surface area (Å²) >= 11 is 0. The molecule has 0 saturated carbocycles. The highest BCUT2D eigenvalue weighted by molar-refractivity contribution is 7.93. The highest BCUT2D eigenvalue weighted by atomic mass is 32.2. The number of sulfone groups is 1. The summed E-state index contributed by atoms with van der Waals surface area (Å²) in [5, 5.41) is 8.94. The molecule has 2 aromatic heterocycles. The van der Waals surface area contributed by atoms with Crippen LogP contribution in [0.3, 0.4) is 0 Å². The average Bonchev–Trinajstić information content (AvgIpc) is 2.86. The number of ether oxygens (including phenoxy) is 2. The molecule has 0 aliphatic carbocycles. The van der Waals surface area contributed by atoms with Crippen molar-refractivity contribution in [2.45, 2.75) is 83.8 Å². The minimum Gasteiger partial charge on any atom is -0.443 e. The van der Waals surface area contributed by atoms with Gasteiger partial charge in [-0.3, -0.25) is 9.98 Å². The molecule has 0 unspecified atom stereocenters. The van der Waals surface area contributed by atoms with E-state index in [9.17, 15) is 18.0 Å². The number of aliphatic imine (C=N–C) groups is 1. The first kappa shape index (κ1) is 34.2. The van der Waals surface area contributed by atoms with Crippen molar-refractivity contribution in [1.82, 2.24) is 14.9 Å². The number of pyridine rings is 2. The van der Waals surface area contributed by atoms with E-state index in [1.165, 1.54) is 45.2 Å². The first-order valence-electron chi connectivity index (χ1n) is 13.5. The Morgan fingerprint density at radius 1 is 1.02 bits per heavy atom. The number of nitriles is 1. The average molecular weight is 632 g/mol. The molecule has 11 nitrogen and oxygen atoms in total. The number of carbonyl (C=O) groups is 2. The van der Waals surface area contributed by atoms with Gasteiger partial charge < -0.3 is 9.47 Å². The van der Waals surface area contributed by atoms with E-state index in [2.05, 4.69) is 15.0 Å². The van der Waals surface area contributed by atoms with Crippen LogP contribution in [-0.4, -0.2) is 63.0 Å². The Morgan fingerprint density at radius 3 is 2.07 bits per heavy atom. The summed E-state index contributed by atoms with van der Waals surface area (Å²) in [6.07, 6.45) is 0.734. The van der Waals surface area contributed by atoms with E-state index in [1.807, 2.05) is 6.07 Å². The Bertz CT molecular complexity index is 1660. The lowest BCUT2D eigenvalue weighted by Gasteiger charge is -2.42. The van der Waals surface area contributed by atoms with E-state index in [0.717, 1.165) is 12.3 Å². The molecule has 0 N–H and O–H groups in total. The van der Waals surface area contributed by atoms with Crippen molar-refractivity contribution < 1.29 is 36.3 Å². The molecule has 3 rings (SSSR count). The summed E-state index contributed by atoms with van der Waals surface area (Å²) in [4.78, 5) is 39.3. The van der Waals surface area contributed by atoms with Gasteiger partial charge >= 0.3 is 12.2 Å². The van der Waals surface area contributed by atoms with Crippen molar-refractivity contribution >= 4 is 39.8 Å². The zero-order chi connectivity index (χ0) is 33.5. The van der Waals surface area contributed by atoms with Crippen LogP contribution >= 0.6 is 0 Å². The topological polar surface area (TPSA) is 152 Å². The predicted molar refractivity (Wildman–Crippen MR) is 159 cm³/mol. The first-order chi connectivity index (χ1) is 20.0. The molecule has 0 spiro atoms. The summed E-state index contributed by atoms with van der Waals surface area (Å²) in [7, 11) is -4.28. The largest absolute Gasteiger partial charge is 0.443 e. The SMILES string of the molecule is CC(C)(C)OC(=O)N(C(=O)OC(C)(C)C)C1=N[C@](C)(c2cc(/C=C(\F)c3ccc(C#N)cn3)cnc2F)CS(=O)(=O)C1(C)C. The smallest absolute Gasteiger partial charge is 0.425 e.